The van der Waals surface area contributed by atoms with Crippen molar-refractivity contribution in [1.82, 2.24) is 52.0 Å². The second-order valence-corrected chi connectivity index (χ2v) is 43.5. The zero-order valence-corrected chi connectivity index (χ0v) is 87.4. The number of hydrogen-bond acceptors (Lipinski definition) is 10. The third kappa shape index (κ3) is 30.9. The summed E-state index contributed by atoms with van der Waals surface area (Å²) >= 11 is 3.88. The van der Waals surface area contributed by atoms with Gasteiger partial charge in [-0.25, -0.2) is 18.2 Å². The van der Waals surface area contributed by atoms with Crippen LogP contribution in [0.25, 0.3) is 53.7 Å². The highest BCUT2D eigenvalue weighted by atomic mass is 32.2. The lowest BCUT2D eigenvalue weighted by atomic mass is 10.0. The van der Waals surface area contributed by atoms with Crippen molar-refractivity contribution in [3.63, 3.8) is 0 Å². The van der Waals surface area contributed by atoms with E-state index in [1.165, 1.54) is 199 Å². The van der Waals surface area contributed by atoms with Crippen molar-refractivity contribution in [1.29, 1.82) is 0 Å². The zero-order valence-electron chi connectivity index (χ0n) is 84.1. The van der Waals surface area contributed by atoms with E-state index in [9.17, 15) is 26.4 Å². The van der Waals surface area contributed by atoms with E-state index >= 15 is 0 Å². The van der Waals surface area contributed by atoms with Crippen LogP contribution in [0, 0.1) is 76.2 Å². The van der Waals surface area contributed by atoms with Gasteiger partial charge in [0.15, 0.2) is 0 Å². The summed E-state index contributed by atoms with van der Waals surface area (Å²) < 4.78 is 53.7. The molecule has 0 atom stereocenters. The van der Waals surface area contributed by atoms with Crippen LogP contribution in [0.15, 0.2) is 220 Å². The van der Waals surface area contributed by atoms with Crippen molar-refractivity contribution in [2.45, 2.75) is 210 Å². The number of para-hydroxylation sites is 2. The number of benzene rings is 7. The Hall–Kier alpha value is -9.81. The van der Waals surface area contributed by atoms with Gasteiger partial charge in [-0.05, 0) is 305 Å². The molecule has 706 valence electrons. The monoisotopic (exact) mass is 1850 g/mol. The number of carbonyl (C=O) groups is 2. The molecule has 5 aromatic heterocycles. The molecular formula is C110H151N11O6S4. The van der Waals surface area contributed by atoms with Crippen LogP contribution in [0.3, 0.4) is 0 Å². The summed E-state index contributed by atoms with van der Waals surface area (Å²) in [4.78, 5) is 45.7. The van der Waals surface area contributed by atoms with E-state index in [4.69, 9.17) is 0 Å². The van der Waals surface area contributed by atoms with Crippen molar-refractivity contribution in [2.75, 3.05) is 99.9 Å². The van der Waals surface area contributed by atoms with Crippen molar-refractivity contribution < 1.29 is 26.4 Å². The van der Waals surface area contributed by atoms with Gasteiger partial charge < -0.3 is 29.2 Å². The number of imidazole rings is 1. The average molecular weight is 1850 g/mol. The van der Waals surface area contributed by atoms with Crippen LogP contribution in [0.1, 0.15) is 191 Å². The lowest BCUT2D eigenvalue weighted by Gasteiger charge is -2.30. The number of urea groups is 1. The Kier molecular flexibility index (Phi) is 40.5. The first-order chi connectivity index (χ1) is 61.8. The van der Waals surface area contributed by atoms with Gasteiger partial charge in [0, 0.05) is 161 Å². The van der Waals surface area contributed by atoms with Gasteiger partial charge in [-0.15, -0.1) is 22.7 Å². The first kappa shape index (κ1) is 107. The molecule has 18 rings (SSSR count). The predicted octanol–water partition coefficient (Wildman–Crippen LogP) is 25.6. The first-order valence-corrected chi connectivity index (χ1v) is 51.0. The smallest absolute Gasteiger partial charge is 0.319 e. The summed E-state index contributed by atoms with van der Waals surface area (Å²) in [7, 11) is 2.61. The van der Waals surface area contributed by atoms with Crippen molar-refractivity contribution in [3.05, 3.63) is 296 Å². The number of aromatic nitrogens is 4. The van der Waals surface area contributed by atoms with Gasteiger partial charge in [0.1, 0.15) is 0 Å². The van der Waals surface area contributed by atoms with Gasteiger partial charge in [-0.2, -0.15) is 21.3 Å². The number of H-pyrrole nitrogens is 2. The molecule has 10 heterocycles. The summed E-state index contributed by atoms with van der Waals surface area (Å²) in [6.45, 7) is 55.7. The van der Waals surface area contributed by atoms with Crippen molar-refractivity contribution in [2.24, 2.45) is 7.05 Å². The maximum atomic E-state index is 11.8. The lowest BCUT2D eigenvalue weighted by molar-refractivity contribution is -0.128. The molecule has 6 aliphatic rings. The molecule has 0 saturated heterocycles. The van der Waals surface area contributed by atoms with E-state index in [1.54, 1.807) is 73.5 Å². The quantitative estimate of drug-likeness (QED) is 0.160. The Morgan fingerprint density at radius 1 is 0.443 bits per heavy atom. The van der Waals surface area contributed by atoms with E-state index in [0.29, 0.717) is 26.2 Å². The number of aryl methyl sites for hydroxylation is 12. The minimum atomic E-state index is -3.22. The molecule has 2 N–H and O–H groups in total. The third-order valence-corrected chi connectivity index (χ3v) is 32.1. The Morgan fingerprint density at radius 3 is 1.44 bits per heavy atom. The molecule has 5 aliphatic heterocycles. The van der Waals surface area contributed by atoms with Crippen LogP contribution in [0.5, 0.6) is 0 Å². The van der Waals surface area contributed by atoms with E-state index in [-0.39, 0.29) is 11.9 Å². The van der Waals surface area contributed by atoms with Crippen molar-refractivity contribution >= 4 is 109 Å². The molecule has 17 nitrogen and oxygen atoms in total. The second kappa shape index (κ2) is 49.8. The molecule has 21 heteroatoms. The summed E-state index contributed by atoms with van der Waals surface area (Å²) in [5.41, 5.74) is 33.8. The molecule has 0 saturated carbocycles. The van der Waals surface area contributed by atoms with E-state index in [1.807, 2.05) is 46.3 Å². The zero-order chi connectivity index (χ0) is 96.5. The van der Waals surface area contributed by atoms with Gasteiger partial charge in [0.2, 0.25) is 15.9 Å². The minimum Gasteiger partial charge on any atom is -0.358 e. The molecule has 0 unspecified atom stereocenters. The Morgan fingerprint density at radius 2 is 0.916 bits per heavy atom. The molecule has 0 spiro atoms. The topological polar surface area (TPSA) is 174 Å². The molecule has 0 fully saturated rings. The van der Waals surface area contributed by atoms with Crippen molar-refractivity contribution in [3.8, 4) is 0 Å². The number of aromatic amines is 2. The van der Waals surface area contributed by atoms with Crippen LogP contribution < -0.4 is 0 Å². The standard InChI is InChI=1S/C14H19N.C12H12.C10H18N2O.2C10H11N.C10H10S.C9H18N2O2S.C9H10N2.C9H15NO.C9H12S.C8H15NO2S/c1-12-8-9-15(10-13(12)2)11-14-6-4-3-5-7-14;1-9-7-11-5-3-4-6-12(11)8-10(9)2;1-8-5-6-12(7-9(8)2)10(13)11(3)4;1-8-7-9-5-3-4-6-10(9)11(8)2;2*1-7-8(2)11-10-6-4-3-5-9(7)10;1-8-5-6-11(7-9(8)2)14(12,13)10(3)4;1-6-3-8-9(4-7(6)2)11-5-10-8;1-7-4-5-10(9(3)11)6-8(7)2;1-6-7(2)10-9-5-3-4-8(6)9;1-7-4-5-9(6-8(7)2)12(3,10)11/h3-7H,8-11H2,1-2H3;3-8H,1-2H3;5-7H2,1-4H3;3-7H,1-2H3;3-6,11H,1-2H3;3-6H,1-2H3;5-7H2,1-4H3;3-5H,1-2H3,(H,10,11);4-6H2,1-3H3;3-5H2,1-2H3;4-6H2,1-3H3. The van der Waals surface area contributed by atoms with Crippen LogP contribution >= 0.6 is 22.7 Å². The predicted molar refractivity (Wildman–Crippen MR) is 562 cm³/mol. The first-order valence-electron chi connectivity index (χ1n) is 46.2. The lowest BCUT2D eigenvalue weighted by Crippen LogP contribution is -2.43. The normalized spacial score (nSPS) is 15.4. The van der Waals surface area contributed by atoms with Crippen LogP contribution in [-0.4, -0.2) is 181 Å². The number of rotatable bonds is 5. The minimum absolute atomic E-state index is 0.117. The molecule has 1 aliphatic carbocycles. The summed E-state index contributed by atoms with van der Waals surface area (Å²) in [5, 5.41) is 6.74. The van der Waals surface area contributed by atoms with Gasteiger partial charge >= 0.3 is 6.03 Å². The Balaban J connectivity index is 0.000000178. The number of nitrogens with one attached hydrogen (secondary N) is 2. The van der Waals surface area contributed by atoms with Crippen LogP contribution in [0.2, 0.25) is 0 Å². The van der Waals surface area contributed by atoms with Gasteiger partial charge in [-0.1, -0.05) is 177 Å². The second-order valence-electron chi connectivity index (χ2n) is 36.8. The number of fused-ring (bicyclic) bond motifs is 6. The molecule has 3 amide bonds. The fourth-order valence-electron chi connectivity index (χ4n) is 16.0. The Bertz CT molecular complexity index is 6020. The summed E-state index contributed by atoms with van der Waals surface area (Å²) in [6.07, 6.45) is 12.1. The van der Waals surface area contributed by atoms with Gasteiger partial charge in [-0.3, -0.25) is 9.69 Å². The highest BCUT2D eigenvalue weighted by molar-refractivity contribution is 7.88. The molecule has 131 heavy (non-hydrogen) atoms. The molecule has 7 aromatic carbocycles. The maximum absolute atomic E-state index is 11.8. The number of sulfonamides is 1. The van der Waals surface area contributed by atoms with Crippen LogP contribution in [0.4, 0.5) is 4.79 Å². The Labute approximate surface area is 794 Å². The van der Waals surface area contributed by atoms with Gasteiger partial charge in [0.25, 0.3) is 10.2 Å². The van der Waals surface area contributed by atoms with Gasteiger partial charge in [0.05, 0.1) is 23.6 Å². The number of nitrogens with zero attached hydrogens (tertiary/aromatic N) is 9. The SMILES string of the molecule is CC(=O)N1CCC(C)=C(C)C1.CC1=C(C)CN(C(=O)N(C)C)CC1.CC1=C(C)CN(Cc2ccccc2)CC1.CC1=C(C)CN(S(=O)(=O)N(C)C)CC1.CC1=C(C)CN(S(C)(=O)=O)CC1.Cc1[nH]c2ccccc2c1C.Cc1cc2ccccc2cc1C.Cc1cc2ccccc2n1C.Cc1cc2nc[nH]c2cc1C.Cc1sc2c(c1C)CCC2.Cc1sc2ccccc2c1C. The molecule has 12 aromatic rings. The summed E-state index contributed by atoms with van der Waals surface area (Å²) in [5.74, 6) is 0.192. The number of hydrogen-bond donors (Lipinski definition) is 2. The van der Waals surface area contributed by atoms with E-state index in [0.717, 1.165) is 76.0 Å². The van der Waals surface area contributed by atoms with Crippen LogP contribution in [-0.2, 0) is 51.5 Å². The number of amides is 3. The molecule has 0 radical (unpaired) electrons. The maximum Gasteiger partial charge on any atom is 0.319 e. The van der Waals surface area contributed by atoms with E-state index < -0.39 is 20.2 Å². The molecular weight excluding hydrogens is 1700 g/mol. The third-order valence-electron chi connectivity index (χ3n) is 26.5. The van der Waals surface area contributed by atoms with E-state index in [2.05, 4.69) is 321 Å². The largest absolute Gasteiger partial charge is 0.358 e. The highest BCUT2D eigenvalue weighted by Gasteiger charge is 2.28. The highest BCUT2D eigenvalue weighted by Crippen LogP contribution is 2.35. The molecule has 0 bridgehead atoms. The fraction of sp³-hybridized carbons (Fsp3) is 0.427. The summed E-state index contributed by atoms with van der Waals surface area (Å²) in [6, 6.07) is 55.6. The number of thiophene rings is 2. The number of carbonyl (C=O) groups excluding carboxylic acids is 2. The average Bonchev–Trinajstić information content (AvgIpc) is 1.22. The fourth-order valence-corrected chi connectivity index (χ4v) is 20.3.